The molecule has 0 atom stereocenters. The number of nitrogens with zero attached hydrogens (tertiary/aromatic N) is 1. The van der Waals surface area contributed by atoms with E-state index in [0.717, 1.165) is 12.8 Å². The van der Waals surface area contributed by atoms with Crippen LogP contribution in [0.15, 0.2) is 18.2 Å². The number of hydrogen-bond acceptors (Lipinski definition) is 3. The molecule has 0 aliphatic carbocycles. The van der Waals surface area contributed by atoms with E-state index in [0.29, 0.717) is 17.7 Å². The lowest BCUT2D eigenvalue weighted by molar-refractivity contribution is -0.385. The van der Waals surface area contributed by atoms with Gasteiger partial charge in [-0.2, -0.15) is 0 Å². The van der Waals surface area contributed by atoms with Crippen LogP contribution in [-0.2, 0) is 0 Å². The first-order valence-electron chi connectivity index (χ1n) is 7.60. The van der Waals surface area contributed by atoms with E-state index in [2.05, 4.69) is 12.2 Å². The second-order valence-corrected chi connectivity index (χ2v) is 5.23. The Hall–Kier alpha value is -1.91. The minimum atomic E-state index is -0.458. The molecule has 0 aromatic heterocycles. The third kappa shape index (κ3) is 5.53. The molecule has 0 aliphatic rings. The van der Waals surface area contributed by atoms with Gasteiger partial charge in [0.15, 0.2) is 0 Å². The van der Waals surface area contributed by atoms with Crippen LogP contribution in [0.4, 0.5) is 5.69 Å². The van der Waals surface area contributed by atoms with Gasteiger partial charge in [-0.05, 0) is 19.4 Å². The van der Waals surface area contributed by atoms with Crippen molar-refractivity contribution in [2.75, 3.05) is 6.54 Å². The molecule has 0 unspecified atom stereocenters. The predicted octanol–water partition coefficient (Wildman–Crippen LogP) is 3.99. The van der Waals surface area contributed by atoms with E-state index in [9.17, 15) is 14.9 Å². The summed E-state index contributed by atoms with van der Waals surface area (Å²) in [4.78, 5) is 22.4. The second-order valence-electron chi connectivity index (χ2n) is 5.23. The average Bonchev–Trinajstić information content (AvgIpc) is 2.46. The number of benzene rings is 1. The van der Waals surface area contributed by atoms with E-state index in [1.54, 1.807) is 19.1 Å². The van der Waals surface area contributed by atoms with Crippen LogP contribution in [0, 0.1) is 17.0 Å². The Morgan fingerprint density at radius 3 is 2.52 bits per heavy atom. The molecular weight excluding hydrogens is 268 g/mol. The monoisotopic (exact) mass is 292 g/mol. The number of carbonyl (C=O) groups is 1. The molecule has 5 heteroatoms. The fourth-order valence-corrected chi connectivity index (χ4v) is 2.27. The quantitative estimate of drug-likeness (QED) is 0.425. The van der Waals surface area contributed by atoms with Gasteiger partial charge in [0.1, 0.15) is 0 Å². The standard InChI is InChI=1S/C16H24N2O3/c1-3-4-5-6-7-8-12-17-16(19)14-10-9-11-15(13(14)2)18(20)21/h9-11H,3-8,12H2,1-2H3,(H,17,19). The summed E-state index contributed by atoms with van der Waals surface area (Å²) in [6, 6.07) is 4.59. The minimum absolute atomic E-state index is 0.0118. The molecule has 1 rings (SSSR count). The molecular formula is C16H24N2O3. The highest BCUT2D eigenvalue weighted by Crippen LogP contribution is 2.20. The van der Waals surface area contributed by atoms with Crippen molar-refractivity contribution in [1.29, 1.82) is 0 Å². The summed E-state index contributed by atoms with van der Waals surface area (Å²) in [5, 5.41) is 13.7. The lowest BCUT2D eigenvalue weighted by Gasteiger charge is -2.08. The normalized spacial score (nSPS) is 10.4. The second kappa shape index (κ2) is 9.10. The summed E-state index contributed by atoms with van der Waals surface area (Å²) in [5.74, 6) is -0.232. The molecule has 0 bridgehead atoms. The lowest BCUT2D eigenvalue weighted by atomic mass is 10.1. The van der Waals surface area contributed by atoms with E-state index in [-0.39, 0.29) is 11.6 Å². The maximum Gasteiger partial charge on any atom is 0.273 e. The van der Waals surface area contributed by atoms with Crippen molar-refractivity contribution in [3.8, 4) is 0 Å². The highest BCUT2D eigenvalue weighted by molar-refractivity contribution is 5.96. The van der Waals surface area contributed by atoms with Gasteiger partial charge >= 0.3 is 0 Å². The molecule has 0 saturated heterocycles. The zero-order valence-corrected chi connectivity index (χ0v) is 12.9. The van der Waals surface area contributed by atoms with Crippen LogP contribution in [-0.4, -0.2) is 17.4 Å². The zero-order chi connectivity index (χ0) is 15.7. The van der Waals surface area contributed by atoms with E-state index in [4.69, 9.17) is 0 Å². The fourth-order valence-electron chi connectivity index (χ4n) is 2.27. The summed E-state index contributed by atoms with van der Waals surface area (Å²) in [7, 11) is 0. The molecule has 1 amide bonds. The number of nitro benzene ring substituents is 1. The Labute approximate surface area is 125 Å². The van der Waals surface area contributed by atoms with E-state index in [1.807, 2.05) is 0 Å². The molecule has 1 aromatic carbocycles. The van der Waals surface area contributed by atoms with Gasteiger partial charge in [0.2, 0.25) is 0 Å². The van der Waals surface area contributed by atoms with E-state index >= 15 is 0 Å². The molecule has 0 saturated carbocycles. The van der Waals surface area contributed by atoms with Gasteiger partial charge < -0.3 is 5.32 Å². The van der Waals surface area contributed by atoms with Crippen LogP contribution in [0.2, 0.25) is 0 Å². The summed E-state index contributed by atoms with van der Waals surface area (Å²) in [5.41, 5.74) is 0.792. The maximum absolute atomic E-state index is 12.0. The number of nitro groups is 1. The Balaban J connectivity index is 2.42. The van der Waals surface area contributed by atoms with Crippen LogP contribution in [0.1, 0.15) is 61.4 Å². The smallest absolute Gasteiger partial charge is 0.273 e. The van der Waals surface area contributed by atoms with Crippen molar-refractivity contribution in [3.05, 3.63) is 39.4 Å². The van der Waals surface area contributed by atoms with Crippen molar-refractivity contribution in [1.82, 2.24) is 5.32 Å². The molecule has 1 N–H and O–H groups in total. The topological polar surface area (TPSA) is 72.2 Å². The third-order valence-electron chi connectivity index (χ3n) is 3.56. The van der Waals surface area contributed by atoms with Gasteiger partial charge in [-0.25, -0.2) is 0 Å². The Morgan fingerprint density at radius 2 is 1.86 bits per heavy atom. The zero-order valence-electron chi connectivity index (χ0n) is 12.9. The van der Waals surface area contributed by atoms with Crippen molar-refractivity contribution >= 4 is 11.6 Å². The average molecular weight is 292 g/mol. The highest BCUT2D eigenvalue weighted by Gasteiger charge is 2.17. The predicted molar refractivity (Wildman–Crippen MR) is 83.5 cm³/mol. The molecule has 5 nitrogen and oxygen atoms in total. The third-order valence-corrected chi connectivity index (χ3v) is 3.56. The lowest BCUT2D eigenvalue weighted by Crippen LogP contribution is -2.25. The number of carbonyl (C=O) groups excluding carboxylic acids is 1. The van der Waals surface area contributed by atoms with Crippen molar-refractivity contribution in [3.63, 3.8) is 0 Å². The molecule has 0 heterocycles. The van der Waals surface area contributed by atoms with Crippen molar-refractivity contribution in [2.45, 2.75) is 52.4 Å². The van der Waals surface area contributed by atoms with Crippen molar-refractivity contribution < 1.29 is 9.72 Å². The SMILES string of the molecule is CCCCCCCCNC(=O)c1cccc([N+](=O)[O-])c1C. The summed E-state index contributed by atoms with van der Waals surface area (Å²) in [6.45, 7) is 4.41. The molecule has 21 heavy (non-hydrogen) atoms. The van der Waals surface area contributed by atoms with Gasteiger partial charge in [0.05, 0.1) is 4.92 Å². The summed E-state index contributed by atoms with van der Waals surface area (Å²) in [6.07, 6.45) is 6.98. The van der Waals surface area contributed by atoms with Crippen LogP contribution < -0.4 is 5.32 Å². The molecule has 0 spiro atoms. The first-order valence-corrected chi connectivity index (χ1v) is 7.60. The maximum atomic E-state index is 12.0. The van der Waals surface area contributed by atoms with Crippen LogP contribution in [0.5, 0.6) is 0 Å². The van der Waals surface area contributed by atoms with Crippen molar-refractivity contribution in [2.24, 2.45) is 0 Å². The first-order chi connectivity index (χ1) is 10.1. The molecule has 116 valence electrons. The number of unbranched alkanes of at least 4 members (excludes halogenated alkanes) is 5. The number of hydrogen-bond donors (Lipinski definition) is 1. The molecule has 0 radical (unpaired) electrons. The van der Waals surface area contributed by atoms with E-state index < -0.39 is 4.92 Å². The highest BCUT2D eigenvalue weighted by atomic mass is 16.6. The van der Waals surface area contributed by atoms with Gasteiger partial charge in [-0.1, -0.05) is 45.1 Å². The Kier molecular flexibility index (Phi) is 7.43. The molecule has 0 aliphatic heterocycles. The van der Waals surface area contributed by atoms with Crippen LogP contribution in [0.3, 0.4) is 0 Å². The van der Waals surface area contributed by atoms with Gasteiger partial charge in [0.25, 0.3) is 11.6 Å². The largest absolute Gasteiger partial charge is 0.352 e. The number of rotatable bonds is 9. The van der Waals surface area contributed by atoms with Gasteiger partial charge in [0, 0.05) is 23.7 Å². The fraction of sp³-hybridized carbons (Fsp3) is 0.562. The van der Waals surface area contributed by atoms with Crippen LogP contribution >= 0.6 is 0 Å². The Morgan fingerprint density at radius 1 is 1.19 bits per heavy atom. The van der Waals surface area contributed by atoms with Gasteiger partial charge in [-0.15, -0.1) is 0 Å². The van der Waals surface area contributed by atoms with Crippen LogP contribution in [0.25, 0.3) is 0 Å². The first kappa shape index (κ1) is 17.1. The number of amides is 1. The minimum Gasteiger partial charge on any atom is -0.352 e. The molecule has 0 fully saturated rings. The van der Waals surface area contributed by atoms with E-state index in [1.165, 1.54) is 31.7 Å². The summed E-state index contributed by atoms with van der Waals surface area (Å²) >= 11 is 0. The summed E-state index contributed by atoms with van der Waals surface area (Å²) < 4.78 is 0. The van der Waals surface area contributed by atoms with Gasteiger partial charge in [-0.3, -0.25) is 14.9 Å². The molecule has 1 aromatic rings. The Bertz CT molecular complexity index is 486. The number of nitrogens with one attached hydrogen (secondary N) is 1.